The van der Waals surface area contributed by atoms with Crippen molar-refractivity contribution in [3.8, 4) is 0 Å². The molecule has 4 heteroatoms. The second kappa shape index (κ2) is 32.6. The van der Waals surface area contributed by atoms with Gasteiger partial charge in [0.25, 0.3) is 0 Å². The molecule has 186 valence electrons. The first kappa shape index (κ1) is 38.7. The van der Waals surface area contributed by atoms with Gasteiger partial charge in [-0.25, -0.2) is 11.6 Å². The van der Waals surface area contributed by atoms with E-state index in [1.54, 1.807) is 0 Å². The first-order valence-corrected chi connectivity index (χ1v) is 12.2. The molecule has 3 nitrogen and oxygen atoms in total. The monoisotopic (exact) mass is 522 g/mol. The van der Waals surface area contributed by atoms with Crippen LogP contribution in [-0.2, 0) is 26.2 Å². The van der Waals surface area contributed by atoms with E-state index in [1.807, 2.05) is 18.2 Å². The van der Waals surface area contributed by atoms with Gasteiger partial charge in [-0.3, -0.25) is 6.08 Å². The second-order valence-electron chi connectivity index (χ2n) is 6.99. The molecule has 0 unspecified atom stereocenters. The maximum absolute atomic E-state index is 3.65. The van der Waals surface area contributed by atoms with E-state index < -0.39 is 0 Å². The molecule has 1 aliphatic rings. The first-order chi connectivity index (χ1) is 15.0. The summed E-state index contributed by atoms with van der Waals surface area (Å²) in [5.41, 5.74) is 1.36. The average molecular weight is 524 g/mol. The summed E-state index contributed by atoms with van der Waals surface area (Å²) in [5, 5.41) is 0. The Morgan fingerprint density at radius 1 is 0.688 bits per heavy atom. The quantitative estimate of drug-likeness (QED) is 0.198. The Bertz CT molecular complexity index is 403. The summed E-state index contributed by atoms with van der Waals surface area (Å²) in [6.07, 6.45) is 15.5. The summed E-state index contributed by atoms with van der Waals surface area (Å²) in [4.78, 5) is 6.94. The zero-order valence-corrected chi connectivity index (χ0v) is 25.1. The van der Waals surface area contributed by atoms with Crippen LogP contribution in [-0.4, -0.2) is 73.6 Å². The summed E-state index contributed by atoms with van der Waals surface area (Å²) >= 11 is 0. The van der Waals surface area contributed by atoms with Gasteiger partial charge in [-0.05, 0) is 39.3 Å². The molecular weight excluding hydrogens is 470 g/mol. The van der Waals surface area contributed by atoms with Crippen LogP contribution >= 0.6 is 0 Å². The molecule has 0 aliphatic heterocycles. The molecule has 0 aromatic heterocycles. The van der Waals surface area contributed by atoms with Crippen molar-refractivity contribution in [1.29, 1.82) is 0 Å². The SMILES string of the molecule is C=CCN(CC)CC.C=CCN(CC)CC.C=CCN(CC)CC.CCC1=[C-]CC=C1.[Zr]. The van der Waals surface area contributed by atoms with Crippen LogP contribution in [0.25, 0.3) is 0 Å². The average Bonchev–Trinajstić information content (AvgIpc) is 3.34. The van der Waals surface area contributed by atoms with Gasteiger partial charge in [0.15, 0.2) is 0 Å². The molecule has 0 aromatic rings. The van der Waals surface area contributed by atoms with Crippen LogP contribution in [0.5, 0.6) is 0 Å². The van der Waals surface area contributed by atoms with E-state index in [0.29, 0.717) is 0 Å². The molecular formula is C28H54N3Zr-. The molecule has 1 rings (SSSR count). The molecule has 0 atom stereocenters. The molecule has 1 aliphatic carbocycles. The van der Waals surface area contributed by atoms with Gasteiger partial charge in [-0.15, -0.1) is 26.2 Å². The molecule has 32 heavy (non-hydrogen) atoms. The van der Waals surface area contributed by atoms with Crippen LogP contribution in [0.2, 0.25) is 0 Å². The van der Waals surface area contributed by atoms with Crippen molar-refractivity contribution in [3.63, 3.8) is 0 Å². The summed E-state index contributed by atoms with van der Waals surface area (Å²) in [7, 11) is 0. The van der Waals surface area contributed by atoms with Crippen LogP contribution in [0.1, 0.15) is 61.3 Å². The van der Waals surface area contributed by atoms with E-state index in [2.05, 4.69) is 101 Å². The fourth-order valence-corrected chi connectivity index (χ4v) is 2.69. The second-order valence-corrected chi connectivity index (χ2v) is 6.99. The van der Waals surface area contributed by atoms with E-state index in [1.165, 1.54) is 5.57 Å². The minimum absolute atomic E-state index is 0. The van der Waals surface area contributed by atoms with Gasteiger partial charge in [-0.2, -0.15) is 6.08 Å². The normalized spacial score (nSPS) is 11.2. The number of hydrogen-bond donors (Lipinski definition) is 0. The number of allylic oxidation sites excluding steroid dienone is 4. The molecule has 0 fully saturated rings. The van der Waals surface area contributed by atoms with Gasteiger partial charge in [0.05, 0.1) is 0 Å². The Balaban J connectivity index is -0.000000162. The molecule has 0 radical (unpaired) electrons. The predicted octanol–water partition coefficient (Wildman–Crippen LogP) is 6.63. The minimum atomic E-state index is 0. The van der Waals surface area contributed by atoms with Crippen molar-refractivity contribution in [2.24, 2.45) is 0 Å². The van der Waals surface area contributed by atoms with E-state index in [9.17, 15) is 0 Å². The van der Waals surface area contributed by atoms with Crippen LogP contribution in [0.15, 0.2) is 55.7 Å². The fourth-order valence-electron chi connectivity index (χ4n) is 2.69. The van der Waals surface area contributed by atoms with Crippen LogP contribution in [0.4, 0.5) is 0 Å². The van der Waals surface area contributed by atoms with Crippen LogP contribution in [0, 0.1) is 6.08 Å². The molecule has 0 heterocycles. The maximum Gasteiger partial charge on any atom is 0.0160 e. The topological polar surface area (TPSA) is 9.72 Å². The Kier molecular flexibility index (Phi) is 39.5. The van der Waals surface area contributed by atoms with Crippen molar-refractivity contribution in [1.82, 2.24) is 14.7 Å². The van der Waals surface area contributed by atoms with Gasteiger partial charge in [0.1, 0.15) is 0 Å². The third kappa shape index (κ3) is 27.5. The van der Waals surface area contributed by atoms with Gasteiger partial charge >= 0.3 is 0 Å². The van der Waals surface area contributed by atoms with Crippen LogP contribution < -0.4 is 0 Å². The Morgan fingerprint density at radius 2 is 1.00 bits per heavy atom. The van der Waals surface area contributed by atoms with Gasteiger partial charge in [0.2, 0.25) is 0 Å². The Labute approximate surface area is 222 Å². The van der Waals surface area contributed by atoms with Crippen LogP contribution in [0.3, 0.4) is 0 Å². The van der Waals surface area contributed by atoms with Gasteiger partial charge in [-0.1, -0.05) is 73.1 Å². The summed E-state index contributed by atoms with van der Waals surface area (Å²) in [6, 6.07) is 0. The first-order valence-electron chi connectivity index (χ1n) is 12.2. The minimum Gasteiger partial charge on any atom is -0.300 e. The summed E-state index contributed by atoms with van der Waals surface area (Å²) < 4.78 is 0. The van der Waals surface area contributed by atoms with Crippen molar-refractivity contribution in [2.45, 2.75) is 61.3 Å². The van der Waals surface area contributed by atoms with E-state index >= 15 is 0 Å². The number of rotatable bonds is 13. The van der Waals surface area contributed by atoms with E-state index in [4.69, 9.17) is 0 Å². The zero-order valence-electron chi connectivity index (χ0n) is 22.6. The smallest absolute Gasteiger partial charge is 0.0160 e. The summed E-state index contributed by atoms with van der Waals surface area (Å²) in [6.45, 7) is 35.9. The number of likely N-dealkylation sites (N-methyl/N-ethyl adjacent to an activating group) is 3. The van der Waals surface area contributed by atoms with Gasteiger partial charge < -0.3 is 14.7 Å². The Morgan fingerprint density at radius 3 is 1.09 bits per heavy atom. The molecule has 0 N–H and O–H groups in total. The van der Waals surface area contributed by atoms with Crippen molar-refractivity contribution < 1.29 is 26.2 Å². The predicted molar refractivity (Wildman–Crippen MR) is 145 cm³/mol. The van der Waals surface area contributed by atoms with Crippen molar-refractivity contribution in [3.05, 3.63) is 61.8 Å². The van der Waals surface area contributed by atoms with Crippen molar-refractivity contribution >= 4 is 0 Å². The van der Waals surface area contributed by atoms with Crippen molar-refractivity contribution in [2.75, 3.05) is 58.9 Å². The third-order valence-electron chi connectivity index (χ3n) is 4.99. The molecule has 0 aromatic carbocycles. The van der Waals surface area contributed by atoms with Gasteiger partial charge in [0, 0.05) is 45.8 Å². The van der Waals surface area contributed by atoms with E-state index in [0.717, 1.165) is 71.7 Å². The number of nitrogens with zero attached hydrogens (tertiary/aromatic N) is 3. The molecule has 0 saturated carbocycles. The van der Waals surface area contributed by atoms with E-state index in [-0.39, 0.29) is 26.2 Å². The Hall–Kier alpha value is -0.537. The molecule has 0 saturated heterocycles. The fraction of sp³-hybridized carbons (Fsp3) is 0.643. The number of hydrogen-bond acceptors (Lipinski definition) is 3. The molecule has 0 spiro atoms. The molecule has 0 amide bonds. The zero-order chi connectivity index (χ0) is 24.3. The molecule has 0 bridgehead atoms. The summed E-state index contributed by atoms with van der Waals surface area (Å²) in [5.74, 6) is 0. The largest absolute Gasteiger partial charge is 0.300 e. The standard InChI is InChI=1S/3C7H15N.C7H9.Zr/c3*1-4-7-8(5-2)6-3;1-2-7-5-3-4-6-7;/h3*4H,1,5-7H2,2-3H3;3,5H,2,4H2,1H3;/q;;;-1;. The maximum atomic E-state index is 3.65. The third-order valence-corrected chi connectivity index (χ3v) is 4.99.